The number of carbonyl (C=O) groups is 1. The number of halogens is 1. The monoisotopic (exact) mass is 288 g/mol. The third-order valence-electron chi connectivity index (χ3n) is 3.22. The maximum Gasteiger partial charge on any atom is 0.229 e. The third-order valence-corrected chi connectivity index (χ3v) is 3.22. The Morgan fingerprint density at radius 3 is 3.16 bits per heavy atom. The Bertz CT molecular complexity index is 404. The average Bonchev–Trinajstić information content (AvgIpc) is 3.01. The minimum atomic E-state index is -0.192. The van der Waals surface area contributed by atoms with Gasteiger partial charge in [0.15, 0.2) is 0 Å². The molecule has 108 valence electrons. The summed E-state index contributed by atoms with van der Waals surface area (Å²) in [5.41, 5.74) is 5.47. The minimum absolute atomic E-state index is 0. The van der Waals surface area contributed by atoms with Gasteiger partial charge in [0.25, 0.3) is 0 Å². The highest BCUT2D eigenvalue weighted by atomic mass is 35.5. The highest BCUT2D eigenvalue weighted by molar-refractivity contribution is 5.91. The molecule has 2 unspecified atom stereocenters. The summed E-state index contributed by atoms with van der Waals surface area (Å²) in [7, 11) is 0. The Hall–Kier alpha value is -1.11. The van der Waals surface area contributed by atoms with E-state index in [0.717, 1.165) is 32.0 Å². The van der Waals surface area contributed by atoms with Crippen LogP contribution in [0.25, 0.3) is 0 Å². The number of nitrogens with one attached hydrogen (secondary N) is 1. The molecule has 1 aromatic heterocycles. The van der Waals surface area contributed by atoms with E-state index in [0.29, 0.717) is 12.5 Å². The van der Waals surface area contributed by atoms with Gasteiger partial charge in [-0.2, -0.15) is 5.10 Å². The second kappa shape index (κ2) is 7.47. The molecule has 1 amide bonds. The first-order valence-electron chi connectivity index (χ1n) is 6.31. The Kier molecular flexibility index (Phi) is 6.27. The van der Waals surface area contributed by atoms with Gasteiger partial charge in [-0.3, -0.25) is 4.79 Å². The van der Waals surface area contributed by atoms with E-state index in [1.807, 2.05) is 4.68 Å². The highest BCUT2D eigenvalue weighted by Crippen LogP contribution is 2.17. The number of nitrogens with zero attached hydrogens (tertiary/aromatic N) is 2. The molecule has 0 spiro atoms. The van der Waals surface area contributed by atoms with Crippen molar-refractivity contribution in [2.75, 3.05) is 25.1 Å². The Morgan fingerprint density at radius 1 is 1.74 bits per heavy atom. The molecule has 2 rings (SSSR count). The fourth-order valence-electron chi connectivity index (χ4n) is 1.91. The molecule has 0 aromatic carbocycles. The first-order chi connectivity index (χ1) is 8.70. The lowest BCUT2D eigenvalue weighted by molar-refractivity contribution is -0.119. The van der Waals surface area contributed by atoms with Crippen LogP contribution in [0, 0.1) is 11.8 Å². The topological polar surface area (TPSA) is 82.2 Å². The van der Waals surface area contributed by atoms with E-state index >= 15 is 0 Å². The van der Waals surface area contributed by atoms with Crippen molar-refractivity contribution < 1.29 is 9.53 Å². The van der Waals surface area contributed by atoms with E-state index in [-0.39, 0.29) is 24.2 Å². The zero-order chi connectivity index (χ0) is 13.0. The van der Waals surface area contributed by atoms with Crippen molar-refractivity contribution >= 4 is 24.1 Å². The summed E-state index contributed by atoms with van der Waals surface area (Å²) < 4.78 is 7.16. The van der Waals surface area contributed by atoms with E-state index in [4.69, 9.17) is 10.5 Å². The fraction of sp³-hybridized carbons (Fsp3) is 0.667. The number of amides is 1. The molecule has 6 nitrogen and oxygen atoms in total. The SMILES string of the molecule is CC(CN)C(=O)Nc1ccnn1CC1CCOC1.Cl. The van der Waals surface area contributed by atoms with Crippen LogP contribution >= 0.6 is 12.4 Å². The van der Waals surface area contributed by atoms with Gasteiger partial charge in [-0.1, -0.05) is 6.92 Å². The third kappa shape index (κ3) is 4.19. The number of aromatic nitrogens is 2. The Morgan fingerprint density at radius 2 is 2.53 bits per heavy atom. The van der Waals surface area contributed by atoms with Gasteiger partial charge in [0.1, 0.15) is 5.82 Å². The number of hydrogen-bond donors (Lipinski definition) is 2. The van der Waals surface area contributed by atoms with Gasteiger partial charge in [-0.25, -0.2) is 4.68 Å². The molecule has 1 aliphatic rings. The lowest BCUT2D eigenvalue weighted by atomic mass is 10.1. The lowest BCUT2D eigenvalue weighted by Gasteiger charge is -2.14. The molecule has 0 bridgehead atoms. The van der Waals surface area contributed by atoms with Crippen molar-refractivity contribution in [3.63, 3.8) is 0 Å². The maximum atomic E-state index is 11.8. The summed E-state index contributed by atoms with van der Waals surface area (Å²) in [6.45, 7) is 4.52. The molecule has 1 fully saturated rings. The van der Waals surface area contributed by atoms with Crippen LogP contribution < -0.4 is 11.1 Å². The van der Waals surface area contributed by atoms with Crippen molar-refractivity contribution in [3.8, 4) is 0 Å². The normalized spacial score (nSPS) is 19.8. The van der Waals surface area contributed by atoms with Crippen LogP contribution in [0.1, 0.15) is 13.3 Å². The van der Waals surface area contributed by atoms with Gasteiger partial charge in [-0.05, 0) is 6.42 Å². The van der Waals surface area contributed by atoms with Crippen LogP contribution in [0.5, 0.6) is 0 Å². The van der Waals surface area contributed by atoms with Crippen LogP contribution in [0.15, 0.2) is 12.3 Å². The molecule has 19 heavy (non-hydrogen) atoms. The first kappa shape index (κ1) is 15.9. The predicted octanol–water partition coefficient (Wildman–Crippen LogP) is 0.875. The van der Waals surface area contributed by atoms with E-state index < -0.39 is 0 Å². The molecule has 2 atom stereocenters. The summed E-state index contributed by atoms with van der Waals surface area (Å²) in [6, 6.07) is 1.80. The van der Waals surface area contributed by atoms with Gasteiger partial charge in [0.05, 0.1) is 12.8 Å². The number of carbonyl (C=O) groups excluding carboxylic acids is 1. The van der Waals surface area contributed by atoms with E-state index in [2.05, 4.69) is 10.4 Å². The van der Waals surface area contributed by atoms with Gasteiger partial charge < -0.3 is 15.8 Å². The van der Waals surface area contributed by atoms with Crippen LogP contribution in [-0.4, -0.2) is 35.4 Å². The lowest BCUT2D eigenvalue weighted by Crippen LogP contribution is -2.28. The van der Waals surface area contributed by atoms with Gasteiger partial charge in [0.2, 0.25) is 5.91 Å². The summed E-state index contributed by atoms with van der Waals surface area (Å²) in [5, 5.41) is 7.09. The smallest absolute Gasteiger partial charge is 0.229 e. The quantitative estimate of drug-likeness (QED) is 0.842. The van der Waals surface area contributed by atoms with Crippen molar-refractivity contribution in [2.24, 2.45) is 17.6 Å². The summed E-state index contributed by atoms with van der Waals surface area (Å²) in [5.74, 6) is 0.949. The predicted molar refractivity (Wildman–Crippen MR) is 75.2 cm³/mol. The molecule has 1 aliphatic heterocycles. The van der Waals surface area contributed by atoms with Crippen LogP contribution in [0.4, 0.5) is 5.82 Å². The molecule has 1 aromatic rings. The zero-order valence-corrected chi connectivity index (χ0v) is 11.9. The van der Waals surface area contributed by atoms with Gasteiger partial charge in [-0.15, -0.1) is 12.4 Å². The largest absolute Gasteiger partial charge is 0.381 e. The molecule has 7 heteroatoms. The second-order valence-corrected chi connectivity index (χ2v) is 4.75. The summed E-state index contributed by atoms with van der Waals surface area (Å²) in [6.07, 6.45) is 2.74. The molecule has 0 aliphatic carbocycles. The number of nitrogens with two attached hydrogens (primary N) is 1. The molecule has 0 radical (unpaired) electrons. The molecule has 0 saturated carbocycles. The molecule has 3 N–H and O–H groups in total. The van der Waals surface area contributed by atoms with Gasteiger partial charge in [0, 0.05) is 37.6 Å². The summed E-state index contributed by atoms with van der Waals surface area (Å²) >= 11 is 0. The first-order valence-corrected chi connectivity index (χ1v) is 6.31. The van der Waals surface area contributed by atoms with Crippen LogP contribution in [0.3, 0.4) is 0 Å². The molecule has 2 heterocycles. The number of hydrogen-bond acceptors (Lipinski definition) is 4. The van der Waals surface area contributed by atoms with Crippen LogP contribution in [0.2, 0.25) is 0 Å². The average molecular weight is 289 g/mol. The van der Waals surface area contributed by atoms with Crippen molar-refractivity contribution in [3.05, 3.63) is 12.3 Å². The second-order valence-electron chi connectivity index (χ2n) is 4.75. The zero-order valence-electron chi connectivity index (χ0n) is 11.0. The van der Waals surface area contributed by atoms with Crippen molar-refractivity contribution in [2.45, 2.75) is 19.9 Å². The van der Waals surface area contributed by atoms with Crippen molar-refractivity contribution in [1.82, 2.24) is 9.78 Å². The van der Waals surface area contributed by atoms with Crippen molar-refractivity contribution in [1.29, 1.82) is 0 Å². The standard InChI is InChI=1S/C12H20N4O2.ClH/c1-9(6-13)12(17)15-11-2-4-14-16(11)7-10-3-5-18-8-10;/h2,4,9-10H,3,5-8,13H2,1H3,(H,15,17);1H. The highest BCUT2D eigenvalue weighted by Gasteiger charge is 2.19. The summed E-state index contributed by atoms with van der Waals surface area (Å²) in [4.78, 5) is 11.8. The molecular weight excluding hydrogens is 268 g/mol. The maximum absolute atomic E-state index is 11.8. The van der Waals surface area contributed by atoms with Gasteiger partial charge >= 0.3 is 0 Å². The van der Waals surface area contributed by atoms with E-state index in [1.165, 1.54) is 0 Å². The van der Waals surface area contributed by atoms with Crippen LogP contribution in [-0.2, 0) is 16.1 Å². The van der Waals surface area contributed by atoms with E-state index in [9.17, 15) is 4.79 Å². The van der Waals surface area contributed by atoms with E-state index in [1.54, 1.807) is 19.2 Å². The number of anilines is 1. The molecular formula is C12H21ClN4O2. The Labute approximate surface area is 119 Å². The number of ether oxygens (including phenoxy) is 1. The number of rotatable bonds is 5. The fourth-order valence-corrected chi connectivity index (χ4v) is 1.91. The Balaban J connectivity index is 0.00000180. The molecule has 1 saturated heterocycles. The minimum Gasteiger partial charge on any atom is -0.381 e.